The molecule has 4 rings (SSSR count). The Kier molecular flexibility index (Phi) is 6.10. The van der Waals surface area contributed by atoms with Crippen LogP contribution in [0.25, 0.3) is 11.3 Å². The number of imide groups is 1. The number of nitrogens with zero attached hydrogens (tertiary/aromatic N) is 2. The van der Waals surface area contributed by atoms with E-state index in [1.807, 2.05) is 6.07 Å². The van der Waals surface area contributed by atoms with Crippen molar-refractivity contribution in [3.05, 3.63) is 65.3 Å². The van der Waals surface area contributed by atoms with Gasteiger partial charge in [-0.15, -0.1) is 11.3 Å². The third kappa shape index (κ3) is 4.17. The molecule has 1 unspecified atom stereocenters. The Morgan fingerprint density at radius 2 is 2.00 bits per heavy atom. The van der Waals surface area contributed by atoms with E-state index in [9.17, 15) is 18.8 Å². The summed E-state index contributed by atoms with van der Waals surface area (Å²) in [5.74, 6) is -1.45. The minimum atomic E-state index is -1.20. The van der Waals surface area contributed by atoms with Crippen LogP contribution in [0.15, 0.2) is 53.9 Å². The largest absolute Gasteiger partial charge is 0.494 e. The fourth-order valence-corrected chi connectivity index (χ4v) is 4.46. The van der Waals surface area contributed by atoms with Gasteiger partial charge in [-0.1, -0.05) is 37.3 Å². The van der Waals surface area contributed by atoms with Gasteiger partial charge in [-0.2, -0.15) is 0 Å². The number of urea groups is 1. The first-order valence-corrected chi connectivity index (χ1v) is 11.0. The molecule has 1 saturated heterocycles. The van der Waals surface area contributed by atoms with Gasteiger partial charge in [0.05, 0.1) is 12.8 Å². The number of carbonyl (C=O) groups is 3. The van der Waals surface area contributed by atoms with Crippen molar-refractivity contribution in [1.82, 2.24) is 15.2 Å². The van der Waals surface area contributed by atoms with E-state index in [4.69, 9.17) is 4.74 Å². The Labute approximate surface area is 193 Å². The lowest BCUT2D eigenvalue weighted by Crippen LogP contribution is -2.44. The van der Waals surface area contributed by atoms with E-state index >= 15 is 0 Å². The summed E-state index contributed by atoms with van der Waals surface area (Å²) in [4.78, 5) is 43.5. The van der Waals surface area contributed by atoms with E-state index in [0.29, 0.717) is 23.2 Å². The van der Waals surface area contributed by atoms with Crippen molar-refractivity contribution < 1.29 is 23.5 Å². The number of hydrogen-bond donors (Lipinski definition) is 2. The van der Waals surface area contributed by atoms with Gasteiger partial charge in [0.15, 0.2) is 16.7 Å². The van der Waals surface area contributed by atoms with E-state index in [1.165, 1.54) is 19.2 Å². The summed E-state index contributed by atoms with van der Waals surface area (Å²) in [5.41, 5.74) is 0.450. The van der Waals surface area contributed by atoms with Gasteiger partial charge in [-0.25, -0.2) is 14.2 Å². The zero-order valence-corrected chi connectivity index (χ0v) is 18.7. The molecule has 2 N–H and O–H groups in total. The molecular formula is C23H21FN4O4S. The molecule has 8 nitrogen and oxygen atoms in total. The third-order valence-electron chi connectivity index (χ3n) is 5.47. The molecular weight excluding hydrogens is 447 g/mol. The lowest BCUT2D eigenvalue weighted by Gasteiger charge is -2.25. The van der Waals surface area contributed by atoms with Crippen LogP contribution in [-0.2, 0) is 15.1 Å². The molecule has 1 fully saturated rings. The van der Waals surface area contributed by atoms with Crippen molar-refractivity contribution in [2.45, 2.75) is 18.9 Å². The first-order chi connectivity index (χ1) is 15.9. The highest BCUT2D eigenvalue weighted by Gasteiger charge is 2.51. The SMILES string of the molecule is CCC1(c2ccccc2)NC(=O)N(CC(=O)Nc2nc(-c3ccc(OC)c(F)c3)cs2)C1=O. The maximum absolute atomic E-state index is 14.0. The molecule has 1 aliphatic rings. The molecule has 0 bridgehead atoms. The molecule has 2 aromatic carbocycles. The maximum atomic E-state index is 14.0. The number of aromatic nitrogens is 1. The number of methoxy groups -OCH3 is 1. The van der Waals surface area contributed by atoms with Crippen molar-refractivity contribution >= 4 is 34.3 Å². The minimum absolute atomic E-state index is 0.120. The molecule has 4 amide bonds. The number of thiazole rings is 1. The Balaban J connectivity index is 1.46. The quantitative estimate of drug-likeness (QED) is 0.515. The third-order valence-corrected chi connectivity index (χ3v) is 6.23. The molecule has 1 aliphatic heterocycles. The van der Waals surface area contributed by atoms with Crippen LogP contribution in [0, 0.1) is 5.82 Å². The highest BCUT2D eigenvalue weighted by molar-refractivity contribution is 7.14. The number of rotatable bonds is 7. The van der Waals surface area contributed by atoms with Gasteiger partial charge < -0.3 is 15.4 Å². The molecule has 33 heavy (non-hydrogen) atoms. The number of amides is 4. The highest BCUT2D eigenvalue weighted by atomic mass is 32.1. The van der Waals surface area contributed by atoms with Crippen LogP contribution in [0.5, 0.6) is 5.75 Å². The summed E-state index contributed by atoms with van der Waals surface area (Å²) < 4.78 is 18.9. The van der Waals surface area contributed by atoms with Gasteiger partial charge in [-0.05, 0) is 30.2 Å². The maximum Gasteiger partial charge on any atom is 0.325 e. The number of anilines is 1. The molecule has 1 atom stereocenters. The number of benzene rings is 2. The average molecular weight is 469 g/mol. The first kappa shape index (κ1) is 22.4. The monoisotopic (exact) mass is 468 g/mol. The number of nitrogens with one attached hydrogen (secondary N) is 2. The second kappa shape index (κ2) is 8.99. The fourth-order valence-electron chi connectivity index (χ4n) is 3.72. The summed E-state index contributed by atoms with van der Waals surface area (Å²) >= 11 is 1.15. The molecule has 0 radical (unpaired) electrons. The van der Waals surface area contributed by atoms with E-state index in [1.54, 1.807) is 42.6 Å². The van der Waals surface area contributed by atoms with Crippen LogP contribution < -0.4 is 15.4 Å². The van der Waals surface area contributed by atoms with Gasteiger partial charge in [-0.3, -0.25) is 14.5 Å². The molecule has 0 saturated carbocycles. The fraction of sp³-hybridized carbons (Fsp3) is 0.217. The Hall–Kier alpha value is -3.79. The van der Waals surface area contributed by atoms with E-state index in [0.717, 1.165) is 16.2 Å². The molecule has 10 heteroatoms. The lowest BCUT2D eigenvalue weighted by atomic mass is 9.87. The second-order valence-corrected chi connectivity index (χ2v) is 8.24. The minimum Gasteiger partial charge on any atom is -0.494 e. The predicted molar refractivity (Wildman–Crippen MR) is 121 cm³/mol. The van der Waals surface area contributed by atoms with Gasteiger partial charge in [0.25, 0.3) is 5.91 Å². The van der Waals surface area contributed by atoms with Crippen LogP contribution in [0.3, 0.4) is 0 Å². The average Bonchev–Trinajstić information content (AvgIpc) is 3.38. The van der Waals surface area contributed by atoms with Crippen LogP contribution in [-0.4, -0.2) is 41.4 Å². The Morgan fingerprint density at radius 3 is 2.67 bits per heavy atom. The smallest absolute Gasteiger partial charge is 0.325 e. The summed E-state index contributed by atoms with van der Waals surface area (Å²) in [6.07, 6.45) is 0.341. The van der Waals surface area contributed by atoms with Gasteiger partial charge in [0.1, 0.15) is 12.1 Å². The van der Waals surface area contributed by atoms with E-state index in [-0.39, 0.29) is 10.9 Å². The molecule has 170 valence electrons. The molecule has 1 aromatic heterocycles. The van der Waals surface area contributed by atoms with Crippen LogP contribution >= 0.6 is 11.3 Å². The van der Waals surface area contributed by atoms with E-state index < -0.39 is 35.7 Å². The zero-order chi connectivity index (χ0) is 23.6. The molecule has 0 aliphatic carbocycles. The normalized spacial score (nSPS) is 17.7. The number of carbonyl (C=O) groups excluding carboxylic acids is 3. The van der Waals surface area contributed by atoms with Crippen molar-refractivity contribution in [2.24, 2.45) is 0 Å². The summed E-state index contributed by atoms with van der Waals surface area (Å²) in [7, 11) is 1.38. The van der Waals surface area contributed by atoms with Crippen LogP contribution in [0.1, 0.15) is 18.9 Å². The standard InChI is InChI=1S/C23H21FN4O4S/c1-3-23(15-7-5-4-6-8-15)20(30)28(22(31)27-23)12-19(29)26-21-25-17(13-33-21)14-9-10-18(32-2)16(24)11-14/h4-11,13H,3,12H2,1-2H3,(H,27,31)(H,25,26,29). The predicted octanol–water partition coefficient (Wildman–Crippen LogP) is 3.75. The Bertz CT molecular complexity index is 1220. The van der Waals surface area contributed by atoms with Crippen molar-refractivity contribution in [1.29, 1.82) is 0 Å². The second-order valence-electron chi connectivity index (χ2n) is 7.38. The van der Waals surface area contributed by atoms with E-state index in [2.05, 4.69) is 15.6 Å². The van der Waals surface area contributed by atoms with Crippen LogP contribution in [0.4, 0.5) is 14.3 Å². The number of halogens is 1. The molecule has 3 aromatic rings. The van der Waals surface area contributed by atoms with Gasteiger partial charge in [0, 0.05) is 10.9 Å². The topological polar surface area (TPSA) is 101 Å². The van der Waals surface area contributed by atoms with Crippen molar-refractivity contribution in [2.75, 3.05) is 19.0 Å². The highest BCUT2D eigenvalue weighted by Crippen LogP contribution is 2.32. The Morgan fingerprint density at radius 1 is 1.24 bits per heavy atom. The lowest BCUT2D eigenvalue weighted by molar-refractivity contribution is -0.134. The summed E-state index contributed by atoms with van der Waals surface area (Å²) in [6, 6.07) is 12.7. The van der Waals surface area contributed by atoms with Crippen molar-refractivity contribution in [3.63, 3.8) is 0 Å². The molecule has 0 spiro atoms. The summed E-state index contributed by atoms with van der Waals surface area (Å²) in [6.45, 7) is 1.35. The van der Waals surface area contributed by atoms with Crippen LogP contribution in [0.2, 0.25) is 0 Å². The zero-order valence-electron chi connectivity index (χ0n) is 17.9. The van der Waals surface area contributed by atoms with Crippen molar-refractivity contribution in [3.8, 4) is 17.0 Å². The van der Waals surface area contributed by atoms with Gasteiger partial charge >= 0.3 is 6.03 Å². The molecule has 2 heterocycles. The number of hydrogen-bond acceptors (Lipinski definition) is 6. The first-order valence-electron chi connectivity index (χ1n) is 10.2. The summed E-state index contributed by atoms with van der Waals surface area (Å²) in [5, 5.41) is 7.28. The van der Waals surface area contributed by atoms with Gasteiger partial charge in [0.2, 0.25) is 5.91 Å². The number of ether oxygens (including phenoxy) is 1.